The maximum atomic E-state index is 12.0. The Bertz CT molecular complexity index is 755. The van der Waals surface area contributed by atoms with Crippen LogP contribution in [0.15, 0.2) is 36.4 Å². The first-order valence-corrected chi connectivity index (χ1v) is 8.02. The first-order valence-electron chi connectivity index (χ1n) is 7.26. The number of nitrogen functional groups attached to an aromatic ring is 1. The lowest BCUT2D eigenvalue weighted by atomic mass is 10.1. The van der Waals surface area contributed by atoms with Gasteiger partial charge >= 0.3 is 0 Å². The number of anilines is 2. The van der Waals surface area contributed by atoms with Crippen LogP contribution in [0.25, 0.3) is 0 Å². The van der Waals surface area contributed by atoms with E-state index in [4.69, 9.17) is 28.9 Å². The highest BCUT2D eigenvalue weighted by atomic mass is 35.5. The van der Waals surface area contributed by atoms with E-state index in [2.05, 4.69) is 10.6 Å². The first-order chi connectivity index (χ1) is 11.4. The minimum atomic E-state index is -0.267. The number of aryl methyl sites for hydroxylation is 1. The van der Waals surface area contributed by atoms with E-state index in [0.29, 0.717) is 11.3 Å². The van der Waals surface area contributed by atoms with E-state index in [9.17, 15) is 9.59 Å². The number of carbonyl (C=O) groups is 2. The largest absolute Gasteiger partial charge is 0.396 e. The van der Waals surface area contributed by atoms with E-state index in [1.807, 2.05) is 19.1 Å². The molecule has 5 nitrogen and oxygen atoms in total. The summed E-state index contributed by atoms with van der Waals surface area (Å²) in [5, 5.41) is 5.92. The molecule has 2 aromatic carbocycles. The Kier molecular flexibility index (Phi) is 6.06. The third-order valence-corrected chi connectivity index (χ3v) is 4.02. The lowest BCUT2D eigenvalue weighted by Gasteiger charge is -2.10. The molecular formula is C17H17Cl2N3O2. The van der Waals surface area contributed by atoms with Gasteiger partial charge in [-0.05, 0) is 30.7 Å². The number of hydrogen-bond donors (Lipinski definition) is 3. The van der Waals surface area contributed by atoms with Crippen LogP contribution >= 0.6 is 23.2 Å². The molecule has 0 spiro atoms. The van der Waals surface area contributed by atoms with Crippen molar-refractivity contribution in [2.75, 3.05) is 17.6 Å². The van der Waals surface area contributed by atoms with Crippen LogP contribution in [0.4, 0.5) is 11.4 Å². The van der Waals surface area contributed by atoms with Crippen molar-refractivity contribution in [2.45, 2.75) is 13.3 Å². The zero-order chi connectivity index (χ0) is 17.7. The third kappa shape index (κ3) is 4.63. The van der Waals surface area contributed by atoms with Crippen molar-refractivity contribution in [1.29, 1.82) is 0 Å². The van der Waals surface area contributed by atoms with Crippen molar-refractivity contribution < 1.29 is 9.59 Å². The molecule has 0 atom stereocenters. The molecule has 0 fully saturated rings. The summed E-state index contributed by atoms with van der Waals surface area (Å²) in [7, 11) is 0. The van der Waals surface area contributed by atoms with Crippen LogP contribution in [0, 0.1) is 6.92 Å². The van der Waals surface area contributed by atoms with Gasteiger partial charge in [-0.2, -0.15) is 0 Å². The molecule has 0 aromatic heterocycles. The van der Waals surface area contributed by atoms with Gasteiger partial charge in [-0.1, -0.05) is 41.4 Å². The zero-order valence-electron chi connectivity index (χ0n) is 13.0. The molecule has 0 unspecified atom stereocenters. The Morgan fingerprint density at radius 3 is 2.38 bits per heavy atom. The summed E-state index contributed by atoms with van der Waals surface area (Å²) < 4.78 is 0. The van der Waals surface area contributed by atoms with Crippen molar-refractivity contribution >= 4 is 46.4 Å². The number of amides is 2. The number of benzene rings is 2. The number of rotatable bonds is 5. The van der Waals surface area contributed by atoms with Crippen LogP contribution in [0.2, 0.25) is 10.0 Å². The maximum absolute atomic E-state index is 12.0. The summed E-state index contributed by atoms with van der Waals surface area (Å²) in [5.74, 6) is -0.475. The van der Waals surface area contributed by atoms with E-state index in [0.717, 1.165) is 5.56 Å². The van der Waals surface area contributed by atoms with Gasteiger partial charge in [0.15, 0.2) is 0 Å². The molecule has 0 aliphatic rings. The van der Waals surface area contributed by atoms with E-state index >= 15 is 0 Å². The quantitative estimate of drug-likeness (QED) is 0.707. The summed E-state index contributed by atoms with van der Waals surface area (Å²) in [4.78, 5) is 24.0. The van der Waals surface area contributed by atoms with Crippen molar-refractivity contribution in [1.82, 2.24) is 5.32 Å². The Morgan fingerprint density at radius 2 is 1.75 bits per heavy atom. The molecule has 126 valence electrons. The van der Waals surface area contributed by atoms with Gasteiger partial charge in [0.25, 0.3) is 5.91 Å². The molecule has 7 heteroatoms. The van der Waals surface area contributed by atoms with Crippen LogP contribution in [0.1, 0.15) is 22.3 Å². The minimum Gasteiger partial charge on any atom is -0.396 e. The highest BCUT2D eigenvalue weighted by molar-refractivity contribution is 6.39. The van der Waals surface area contributed by atoms with E-state index in [1.54, 1.807) is 12.1 Å². The predicted octanol–water partition coefficient (Wildman–Crippen LogP) is 3.64. The zero-order valence-corrected chi connectivity index (χ0v) is 14.5. The number of hydrogen-bond acceptors (Lipinski definition) is 3. The highest BCUT2D eigenvalue weighted by Gasteiger charge is 2.10. The fourth-order valence-electron chi connectivity index (χ4n) is 2.09. The van der Waals surface area contributed by atoms with Gasteiger partial charge in [0, 0.05) is 24.2 Å². The standard InChI is InChI=1S/C17H17Cl2N3O2/c1-10-4-2-3-5-12(10)17(24)21-7-6-15(23)22-11-8-13(18)16(20)14(19)9-11/h2-5,8-9H,6-7,20H2,1H3,(H,21,24)(H,22,23). The minimum absolute atomic E-state index is 0.122. The number of nitrogens with one attached hydrogen (secondary N) is 2. The van der Waals surface area contributed by atoms with E-state index in [1.165, 1.54) is 12.1 Å². The van der Waals surface area contributed by atoms with Gasteiger partial charge in [0.05, 0.1) is 15.7 Å². The number of nitrogens with two attached hydrogens (primary N) is 1. The Hall–Kier alpha value is -2.24. The summed E-state index contributed by atoms with van der Waals surface area (Å²) in [6.07, 6.45) is 0.122. The molecule has 0 heterocycles. The lowest BCUT2D eigenvalue weighted by molar-refractivity contribution is -0.116. The molecule has 2 aromatic rings. The highest BCUT2D eigenvalue weighted by Crippen LogP contribution is 2.31. The molecule has 0 radical (unpaired) electrons. The fourth-order valence-corrected chi connectivity index (χ4v) is 2.58. The van der Waals surface area contributed by atoms with Crippen LogP contribution < -0.4 is 16.4 Å². The van der Waals surface area contributed by atoms with Crippen LogP contribution in [0.5, 0.6) is 0 Å². The van der Waals surface area contributed by atoms with Gasteiger partial charge in [0.2, 0.25) is 5.91 Å². The third-order valence-electron chi connectivity index (χ3n) is 3.39. The maximum Gasteiger partial charge on any atom is 0.251 e. The second-order valence-electron chi connectivity index (χ2n) is 5.22. The van der Waals surface area contributed by atoms with Crippen molar-refractivity contribution in [3.05, 3.63) is 57.6 Å². The van der Waals surface area contributed by atoms with Gasteiger partial charge in [0.1, 0.15) is 0 Å². The molecule has 0 aliphatic carbocycles. The van der Waals surface area contributed by atoms with Crippen molar-refractivity contribution in [3.63, 3.8) is 0 Å². The summed E-state index contributed by atoms with van der Waals surface area (Å²) in [6.45, 7) is 2.08. The van der Waals surface area contributed by atoms with E-state index in [-0.39, 0.29) is 40.5 Å². The first kappa shape index (κ1) is 18.1. The predicted molar refractivity (Wildman–Crippen MR) is 97.6 cm³/mol. The summed E-state index contributed by atoms with van der Waals surface area (Å²) >= 11 is 11.8. The molecule has 24 heavy (non-hydrogen) atoms. The average Bonchev–Trinajstić information content (AvgIpc) is 2.52. The SMILES string of the molecule is Cc1ccccc1C(=O)NCCC(=O)Nc1cc(Cl)c(N)c(Cl)c1. The normalized spacial score (nSPS) is 10.3. The second kappa shape index (κ2) is 8.04. The van der Waals surface area contributed by atoms with Gasteiger partial charge < -0.3 is 16.4 Å². The van der Waals surface area contributed by atoms with Crippen LogP contribution in [-0.2, 0) is 4.79 Å². The molecular weight excluding hydrogens is 349 g/mol. The Balaban J connectivity index is 1.86. The molecule has 0 saturated heterocycles. The lowest BCUT2D eigenvalue weighted by Crippen LogP contribution is -2.28. The topological polar surface area (TPSA) is 84.2 Å². The van der Waals surface area contributed by atoms with Crippen molar-refractivity contribution in [2.24, 2.45) is 0 Å². The smallest absolute Gasteiger partial charge is 0.251 e. The van der Waals surface area contributed by atoms with Crippen LogP contribution in [-0.4, -0.2) is 18.4 Å². The monoisotopic (exact) mass is 365 g/mol. The molecule has 0 saturated carbocycles. The molecule has 0 aliphatic heterocycles. The molecule has 4 N–H and O–H groups in total. The Morgan fingerprint density at radius 1 is 1.12 bits per heavy atom. The number of halogens is 2. The summed E-state index contributed by atoms with van der Waals surface area (Å²) in [6, 6.07) is 10.3. The fraction of sp³-hybridized carbons (Fsp3) is 0.176. The van der Waals surface area contributed by atoms with Gasteiger partial charge in [-0.15, -0.1) is 0 Å². The van der Waals surface area contributed by atoms with Crippen molar-refractivity contribution in [3.8, 4) is 0 Å². The number of carbonyl (C=O) groups excluding carboxylic acids is 2. The molecule has 2 rings (SSSR count). The van der Waals surface area contributed by atoms with Crippen LogP contribution in [0.3, 0.4) is 0 Å². The van der Waals surface area contributed by atoms with E-state index < -0.39 is 0 Å². The van der Waals surface area contributed by atoms with Gasteiger partial charge in [-0.25, -0.2) is 0 Å². The Labute approximate surface area is 150 Å². The average molecular weight is 366 g/mol. The molecule has 2 amide bonds. The second-order valence-corrected chi connectivity index (χ2v) is 6.04. The molecule has 0 bridgehead atoms. The summed E-state index contributed by atoms with van der Waals surface area (Å²) in [5.41, 5.74) is 7.83. The van der Waals surface area contributed by atoms with Gasteiger partial charge in [-0.3, -0.25) is 9.59 Å².